The molecular weight excluding hydrogens is 262 g/mol. The van der Waals surface area contributed by atoms with E-state index >= 15 is 0 Å². The monoisotopic (exact) mass is 275 g/mol. The number of thiazole rings is 1. The van der Waals surface area contributed by atoms with Crippen LogP contribution >= 0.6 is 11.3 Å². The highest BCUT2D eigenvalue weighted by Crippen LogP contribution is 2.25. The molecule has 0 fully saturated rings. The van der Waals surface area contributed by atoms with Gasteiger partial charge in [0.05, 0.1) is 17.6 Å². The van der Waals surface area contributed by atoms with Crippen molar-refractivity contribution < 1.29 is 4.79 Å². The molecule has 1 aliphatic rings. The van der Waals surface area contributed by atoms with Crippen LogP contribution in [0.25, 0.3) is 0 Å². The molecule has 98 valence electrons. The van der Waals surface area contributed by atoms with Crippen LogP contribution in [0.3, 0.4) is 0 Å². The average molecular weight is 275 g/mol. The molecule has 3 rings (SSSR count). The molecule has 19 heavy (non-hydrogen) atoms. The molecule has 7 heteroatoms. The van der Waals surface area contributed by atoms with E-state index in [4.69, 9.17) is 0 Å². The summed E-state index contributed by atoms with van der Waals surface area (Å²) < 4.78 is 0. The van der Waals surface area contributed by atoms with Crippen molar-refractivity contribution in [3.05, 3.63) is 34.4 Å². The van der Waals surface area contributed by atoms with Crippen LogP contribution in [0.4, 0.5) is 5.13 Å². The molecule has 3 heterocycles. The molecule has 0 unspecified atom stereocenters. The van der Waals surface area contributed by atoms with Crippen molar-refractivity contribution >= 4 is 22.4 Å². The molecule has 6 nitrogen and oxygen atoms in total. The van der Waals surface area contributed by atoms with Gasteiger partial charge in [0.2, 0.25) is 0 Å². The van der Waals surface area contributed by atoms with E-state index < -0.39 is 0 Å². The normalized spacial score (nSPS) is 13.9. The van der Waals surface area contributed by atoms with Crippen molar-refractivity contribution in [2.75, 3.05) is 11.9 Å². The van der Waals surface area contributed by atoms with Gasteiger partial charge in [0.15, 0.2) is 5.13 Å². The Morgan fingerprint density at radius 2 is 2.32 bits per heavy atom. The molecule has 0 bridgehead atoms. The fourth-order valence-electron chi connectivity index (χ4n) is 1.85. The maximum atomic E-state index is 12.0. The Morgan fingerprint density at radius 1 is 1.42 bits per heavy atom. The highest BCUT2D eigenvalue weighted by molar-refractivity contribution is 7.15. The zero-order valence-corrected chi connectivity index (χ0v) is 11.3. The first kappa shape index (κ1) is 12.2. The summed E-state index contributed by atoms with van der Waals surface area (Å²) in [5.74, 6) is -0.272. The SMILES string of the molecule is Cc1cnc(C(=O)Nc2nc3c(s2)CNCC3)cn1. The zero-order valence-electron chi connectivity index (χ0n) is 10.4. The second-order valence-corrected chi connectivity index (χ2v) is 5.40. The summed E-state index contributed by atoms with van der Waals surface area (Å²) in [5.41, 5.74) is 2.17. The van der Waals surface area contributed by atoms with Crippen molar-refractivity contribution in [3.63, 3.8) is 0 Å². The number of aryl methyl sites for hydroxylation is 1. The summed E-state index contributed by atoms with van der Waals surface area (Å²) in [6.07, 6.45) is 3.96. The highest BCUT2D eigenvalue weighted by Gasteiger charge is 2.17. The van der Waals surface area contributed by atoms with Crippen molar-refractivity contribution in [1.82, 2.24) is 20.3 Å². The van der Waals surface area contributed by atoms with Crippen LogP contribution in [-0.2, 0) is 13.0 Å². The Balaban J connectivity index is 1.75. The zero-order chi connectivity index (χ0) is 13.2. The number of carbonyl (C=O) groups is 1. The molecule has 1 amide bonds. The average Bonchev–Trinajstić information content (AvgIpc) is 2.81. The van der Waals surface area contributed by atoms with Gasteiger partial charge in [0.1, 0.15) is 5.69 Å². The van der Waals surface area contributed by atoms with Crippen molar-refractivity contribution in [2.45, 2.75) is 19.9 Å². The summed E-state index contributed by atoms with van der Waals surface area (Å²) >= 11 is 1.51. The smallest absolute Gasteiger partial charge is 0.277 e. The van der Waals surface area contributed by atoms with Crippen LogP contribution in [0.5, 0.6) is 0 Å². The number of fused-ring (bicyclic) bond motifs is 1. The Hall–Kier alpha value is -1.86. The largest absolute Gasteiger partial charge is 0.311 e. The Labute approximate surface area is 114 Å². The third-order valence-electron chi connectivity index (χ3n) is 2.84. The van der Waals surface area contributed by atoms with Crippen LogP contribution in [0.15, 0.2) is 12.4 Å². The molecule has 0 saturated heterocycles. The number of hydrogen-bond donors (Lipinski definition) is 2. The maximum Gasteiger partial charge on any atom is 0.277 e. The van der Waals surface area contributed by atoms with E-state index in [0.717, 1.165) is 30.9 Å². The quantitative estimate of drug-likeness (QED) is 0.859. The van der Waals surface area contributed by atoms with E-state index in [1.165, 1.54) is 22.4 Å². The summed E-state index contributed by atoms with van der Waals surface area (Å²) in [4.78, 5) is 25.7. The summed E-state index contributed by atoms with van der Waals surface area (Å²) in [6, 6.07) is 0. The molecule has 0 aromatic carbocycles. The first-order valence-corrected chi connectivity index (χ1v) is 6.83. The van der Waals surface area contributed by atoms with Gasteiger partial charge in [-0.15, -0.1) is 11.3 Å². The standard InChI is InChI=1S/C12H13N5OS/c1-7-4-15-9(5-14-7)11(18)17-12-16-8-2-3-13-6-10(8)19-12/h4-5,13H,2-3,6H2,1H3,(H,16,17,18). The van der Waals surface area contributed by atoms with Gasteiger partial charge in [-0.3, -0.25) is 15.1 Å². The van der Waals surface area contributed by atoms with Gasteiger partial charge in [-0.25, -0.2) is 9.97 Å². The number of amides is 1. The lowest BCUT2D eigenvalue weighted by atomic mass is 10.2. The van der Waals surface area contributed by atoms with E-state index in [1.54, 1.807) is 6.20 Å². The Bertz CT molecular complexity index is 584. The Kier molecular flexibility index (Phi) is 3.22. The fraction of sp³-hybridized carbons (Fsp3) is 0.333. The number of nitrogens with one attached hydrogen (secondary N) is 2. The lowest BCUT2D eigenvalue weighted by molar-refractivity contribution is 0.102. The van der Waals surface area contributed by atoms with Crippen LogP contribution in [0.1, 0.15) is 26.8 Å². The summed E-state index contributed by atoms with van der Waals surface area (Å²) in [7, 11) is 0. The topological polar surface area (TPSA) is 79.8 Å². The molecule has 2 aromatic rings. The second kappa shape index (κ2) is 5.02. The molecule has 1 aliphatic heterocycles. The fourth-order valence-corrected chi connectivity index (χ4v) is 2.82. The third kappa shape index (κ3) is 2.61. The van der Waals surface area contributed by atoms with Crippen molar-refractivity contribution in [2.24, 2.45) is 0 Å². The van der Waals surface area contributed by atoms with Gasteiger partial charge in [-0.1, -0.05) is 0 Å². The minimum Gasteiger partial charge on any atom is -0.311 e. The summed E-state index contributed by atoms with van der Waals surface area (Å²) in [5, 5.41) is 6.68. The van der Waals surface area contributed by atoms with Crippen LogP contribution in [0, 0.1) is 6.92 Å². The maximum absolute atomic E-state index is 12.0. The molecule has 2 N–H and O–H groups in total. The van der Waals surface area contributed by atoms with Gasteiger partial charge in [0, 0.05) is 30.6 Å². The number of aromatic nitrogens is 3. The number of nitrogens with zero attached hydrogens (tertiary/aromatic N) is 3. The highest BCUT2D eigenvalue weighted by atomic mass is 32.1. The molecule has 2 aromatic heterocycles. The lowest BCUT2D eigenvalue weighted by Gasteiger charge is -2.09. The van der Waals surface area contributed by atoms with E-state index in [1.807, 2.05) is 6.92 Å². The van der Waals surface area contributed by atoms with Crippen LogP contribution < -0.4 is 10.6 Å². The molecular formula is C12H13N5OS. The predicted octanol–water partition coefficient (Wildman–Crippen LogP) is 1.14. The molecule has 0 radical (unpaired) electrons. The number of hydrogen-bond acceptors (Lipinski definition) is 6. The lowest BCUT2D eigenvalue weighted by Crippen LogP contribution is -2.22. The van der Waals surface area contributed by atoms with Crippen molar-refractivity contribution in [3.8, 4) is 0 Å². The molecule has 0 saturated carbocycles. The third-order valence-corrected chi connectivity index (χ3v) is 3.85. The first-order chi connectivity index (χ1) is 9.22. The predicted molar refractivity (Wildman–Crippen MR) is 72.2 cm³/mol. The minimum atomic E-state index is -0.272. The van der Waals surface area contributed by atoms with E-state index in [2.05, 4.69) is 25.6 Å². The Morgan fingerprint density at radius 3 is 3.05 bits per heavy atom. The van der Waals surface area contributed by atoms with E-state index in [-0.39, 0.29) is 5.91 Å². The number of rotatable bonds is 2. The van der Waals surface area contributed by atoms with Crippen LogP contribution in [0.2, 0.25) is 0 Å². The number of carbonyl (C=O) groups excluding carboxylic acids is 1. The van der Waals surface area contributed by atoms with Gasteiger partial charge in [-0.2, -0.15) is 0 Å². The van der Waals surface area contributed by atoms with Crippen LogP contribution in [-0.4, -0.2) is 27.4 Å². The molecule has 0 aliphatic carbocycles. The number of anilines is 1. The minimum absolute atomic E-state index is 0.272. The van der Waals surface area contributed by atoms with Gasteiger partial charge >= 0.3 is 0 Å². The van der Waals surface area contributed by atoms with Gasteiger partial charge in [0.25, 0.3) is 5.91 Å². The van der Waals surface area contributed by atoms with Gasteiger partial charge in [-0.05, 0) is 6.92 Å². The second-order valence-electron chi connectivity index (χ2n) is 4.31. The summed E-state index contributed by atoms with van der Waals surface area (Å²) in [6.45, 7) is 3.59. The van der Waals surface area contributed by atoms with Crippen molar-refractivity contribution in [1.29, 1.82) is 0 Å². The molecule has 0 spiro atoms. The molecule has 0 atom stereocenters. The van der Waals surface area contributed by atoms with E-state index in [9.17, 15) is 4.79 Å². The van der Waals surface area contributed by atoms with E-state index in [0.29, 0.717) is 10.8 Å². The first-order valence-electron chi connectivity index (χ1n) is 6.01. The van der Waals surface area contributed by atoms with Gasteiger partial charge < -0.3 is 5.32 Å².